The second-order valence-electron chi connectivity index (χ2n) is 6.65. The summed E-state index contributed by atoms with van der Waals surface area (Å²) < 4.78 is 39.6. The zero-order chi connectivity index (χ0) is 19.1. The number of halogens is 4. The van der Waals surface area contributed by atoms with Gasteiger partial charge in [-0.15, -0.1) is 17.5 Å². The minimum Gasteiger partial charge on any atom is -0.341 e. The molecule has 1 unspecified atom stereocenters. The molecule has 2 N–H and O–H groups in total. The van der Waals surface area contributed by atoms with E-state index in [9.17, 15) is 18.0 Å². The van der Waals surface area contributed by atoms with Crippen LogP contribution in [0.25, 0.3) is 5.78 Å². The smallest absolute Gasteiger partial charge is 0.341 e. The van der Waals surface area contributed by atoms with E-state index in [-0.39, 0.29) is 36.6 Å². The van der Waals surface area contributed by atoms with Crippen LogP contribution in [0.5, 0.6) is 0 Å². The lowest BCUT2D eigenvalue weighted by atomic mass is 10.0. The molecule has 27 heavy (non-hydrogen) atoms. The van der Waals surface area contributed by atoms with Gasteiger partial charge in [-0.2, -0.15) is 18.2 Å². The molecule has 1 fully saturated rings. The molecule has 0 saturated carbocycles. The SMILES string of the molecule is Cc1nc2nc(C(F)(F)F)nn2c(C)c1CCC(=O)N1CCCC(N)C1.Cl. The topological polar surface area (TPSA) is 89.4 Å². The number of aromatic nitrogens is 4. The van der Waals surface area contributed by atoms with E-state index < -0.39 is 12.0 Å². The van der Waals surface area contributed by atoms with Crippen LogP contribution in [-0.2, 0) is 17.4 Å². The molecule has 0 spiro atoms. The number of nitrogens with zero attached hydrogens (tertiary/aromatic N) is 5. The van der Waals surface area contributed by atoms with Crippen LogP contribution >= 0.6 is 12.4 Å². The highest BCUT2D eigenvalue weighted by Gasteiger charge is 2.37. The highest BCUT2D eigenvalue weighted by atomic mass is 35.5. The number of carbonyl (C=O) groups excluding carboxylic acids is 1. The summed E-state index contributed by atoms with van der Waals surface area (Å²) in [5.41, 5.74) is 7.68. The number of alkyl halides is 3. The Morgan fingerprint density at radius 1 is 1.30 bits per heavy atom. The summed E-state index contributed by atoms with van der Waals surface area (Å²) in [6, 6.07) is 0.00475. The van der Waals surface area contributed by atoms with Crippen molar-refractivity contribution in [3.8, 4) is 0 Å². The van der Waals surface area contributed by atoms with Gasteiger partial charge in [0.15, 0.2) is 0 Å². The number of hydrogen-bond donors (Lipinski definition) is 1. The summed E-state index contributed by atoms with van der Waals surface area (Å²) in [5, 5.41) is 3.52. The van der Waals surface area contributed by atoms with Crippen LogP contribution in [0.3, 0.4) is 0 Å². The van der Waals surface area contributed by atoms with Gasteiger partial charge in [-0.1, -0.05) is 0 Å². The van der Waals surface area contributed by atoms with Crippen molar-refractivity contribution in [1.29, 1.82) is 0 Å². The van der Waals surface area contributed by atoms with Crippen LogP contribution in [-0.4, -0.2) is 49.5 Å². The van der Waals surface area contributed by atoms with Gasteiger partial charge in [-0.05, 0) is 38.7 Å². The molecule has 1 aliphatic heterocycles. The summed E-state index contributed by atoms with van der Waals surface area (Å²) in [5.74, 6) is -1.32. The first-order valence-corrected chi connectivity index (χ1v) is 8.50. The predicted octanol–water partition coefficient (Wildman–Crippen LogP) is 2.06. The highest BCUT2D eigenvalue weighted by Crippen LogP contribution is 2.27. The Kier molecular flexibility index (Phi) is 6.31. The molecule has 11 heteroatoms. The summed E-state index contributed by atoms with van der Waals surface area (Å²) in [6.45, 7) is 4.60. The van der Waals surface area contributed by atoms with E-state index >= 15 is 0 Å². The van der Waals surface area contributed by atoms with Crippen LogP contribution < -0.4 is 5.73 Å². The number of amides is 1. The summed E-state index contributed by atoms with van der Waals surface area (Å²) >= 11 is 0. The van der Waals surface area contributed by atoms with E-state index in [1.165, 1.54) is 0 Å². The Hall–Kier alpha value is -1.94. The molecule has 1 saturated heterocycles. The average Bonchev–Trinajstić information content (AvgIpc) is 2.99. The molecule has 0 aliphatic carbocycles. The number of fused-ring (bicyclic) bond motifs is 1. The molecule has 3 heterocycles. The van der Waals surface area contributed by atoms with Gasteiger partial charge in [0.1, 0.15) is 0 Å². The molecular formula is C16H22ClF3N6O. The Balaban J connectivity index is 0.00000261. The molecule has 3 rings (SSSR count). The molecule has 1 aliphatic rings. The van der Waals surface area contributed by atoms with Crippen molar-refractivity contribution in [2.45, 2.75) is 51.7 Å². The first kappa shape index (κ1) is 21.4. The molecule has 1 atom stereocenters. The molecule has 2 aromatic heterocycles. The highest BCUT2D eigenvalue weighted by molar-refractivity contribution is 5.85. The van der Waals surface area contributed by atoms with E-state index in [1.54, 1.807) is 18.7 Å². The van der Waals surface area contributed by atoms with Crippen LogP contribution in [0.4, 0.5) is 13.2 Å². The van der Waals surface area contributed by atoms with Gasteiger partial charge >= 0.3 is 6.18 Å². The monoisotopic (exact) mass is 406 g/mol. The third-order valence-electron chi connectivity index (χ3n) is 4.70. The van der Waals surface area contributed by atoms with Crippen molar-refractivity contribution >= 4 is 24.1 Å². The number of piperidine rings is 1. The fraction of sp³-hybridized carbons (Fsp3) is 0.625. The van der Waals surface area contributed by atoms with Gasteiger partial charge in [-0.3, -0.25) is 4.79 Å². The Morgan fingerprint density at radius 2 is 2.00 bits per heavy atom. The lowest BCUT2D eigenvalue weighted by Crippen LogP contribution is -2.45. The van der Waals surface area contributed by atoms with Crippen molar-refractivity contribution in [3.63, 3.8) is 0 Å². The van der Waals surface area contributed by atoms with E-state index in [4.69, 9.17) is 5.73 Å². The third-order valence-corrected chi connectivity index (χ3v) is 4.70. The van der Waals surface area contributed by atoms with Crippen LogP contribution in [0, 0.1) is 13.8 Å². The molecule has 0 aromatic carbocycles. The maximum atomic E-state index is 12.8. The Bertz CT molecular complexity index is 838. The van der Waals surface area contributed by atoms with Gasteiger partial charge in [0, 0.05) is 36.9 Å². The number of likely N-dealkylation sites (tertiary alicyclic amines) is 1. The van der Waals surface area contributed by atoms with Crippen LogP contribution in [0.15, 0.2) is 0 Å². The van der Waals surface area contributed by atoms with Crippen molar-refractivity contribution in [2.75, 3.05) is 13.1 Å². The average molecular weight is 407 g/mol. The van der Waals surface area contributed by atoms with Gasteiger partial charge < -0.3 is 10.6 Å². The molecular weight excluding hydrogens is 385 g/mol. The minimum atomic E-state index is -4.63. The fourth-order valence-corrected chi connectivity index (χ4v) is 3.32. The number of hydrogen-bond acceptors (Lipinski definition) is 5. The summed E-state index contributed by atoms with van der Waals surface area (Å²) in [4.78, 5) is 21.7. The van der Waals surface area contributed by atoms with Crippen molar-refractivity contribution in [1.82, 2.24) is 24.5 Å². The van der Waals surface area contributed by atoms with Crippen molar-refractivity contribution < 1.29 is 18.0 Å². The molecule has 7 nitrogen and oxygen atoms in total. The lowest BCUT2D eigenvalue weighted by Gasteiger charge is -2.31. The van der Waals surface area contributed by atoms with E-state index in [0.717, 1.165) is 17.4 Å². The standard InChI is InChI=1S/C16H21F3N6O.ClH/c1-9-12(5-6-13(26)24-7-3-4-11(20)8-24)10(2)25-15(21-9)22-14(23-25)16(17,18)19;/h11H,3-8,20H2,1-2H3;1H. The largest absolute Gasteiger partial charge is 0.453 e. The second kappa shape index (κ2) is 7.97. The molecule has 0 radical (unpaired) electrons. The second-order valence-corrected chi connectivity index (χ2v) is 6.65. The first-order chi connectivity index (χ1) is 12.2. The molecule has 0 bridgehead atoms. The van der Waals surface area contributed by atoms with Gasteiger partial charge in [0.25, 0.3) is 11.6 Å². The number of aryl methyl sites for hydroxylation is 2. The number of rotatable bonds is 3. The lowest BCUT2D eigenvalue weighted by molar-refractivity contribution is -0.144. The maximum absolute atomic E-state index is 12.8. The quantitative estimate of drug-likeness (QED) is 0.842. The first-order valence-electron chi connectivity index (χ1n) is 8.50. The normalized spacial score (nSPS) is 17.9. The molecule has 2 aromatic rings. The van der Waals surface area contributed by atoms with Gasteiger partial charge in [0.2, 0.25) is 5.91 Å². The Labute approximate surface area is 160 Å². The van der Waals surface area contributed by atoms with E-state index in [0.29, 0.717) is 36.5 Å². The van der Waals surface area contributed by atoms with E-state index in [2.05, 4.69) is 15.1 Å². The van der Waals surface area contributed by atoms with Crippen molar-refractivity contribution in [2.24, 2.45) is 5.73 Å². The number of carbonyl (C=O) groups is 1. The zero-order valence-corrected chi connectivity index (χ0v) is 15.9. The summed E-state index contributed by atoms with van der Waals surface area (Å²) in [6.07, 6.45) is -2.19. The predicted molar refractivity (Wildman–Crippen MR) is 94.6 cm³/mol. The van der Waals surface area contributed by atoms with Gasteiger partial charge in [-0.25, -0.2) is 9.50 Å². The molecule has 1 amide bonds. The van der Waals surface area contributed by atoms with Crippen molar-refractivity contribution in [3.05, 3.63) is 22.8 Å². The molecule has 150 valence electrons. The minimum absolute atomic E-state index is 0. The fourth-order valence-electron chi connectivity index (χ4n) is 3.32. The van der Waals surface area contributed by atoms with Gasteiger partial charge in [0.05, 0.1) is 0 Å². The van der Waals surface area contributed by atoms with E-state index in [1.807, 2.05) is 0 Å². The third kappa shape index (κ3) is 4.49. The maximum Gasteiger partial charge on any atom is 0.453 e. The summed E-state index contributed by atoms with van der Waals surface area (Å²) in [7, 11) is 0. The number of nitrogens with two attached hydrogens (primary N) is 1. The zero-order valence-electron chi connectivity index (χ0n) is 15.1. The van der Waals surface area contributed by atoms with Crippen LogP contribution in [0.2, 0.25) is 0 Å². The van der Waals surface area contributed by atoms with Crippen LogP contribution in [0.1, 0.15) is 42.0 Å². The Morgan fingerprint density at radius 3 is 2.63 bits per heavy atom.